The summed E-state index contributed by atoms with van der Waals surface area (Å²) in [6, 6.07) is 12.9. The fourth-order valence-corrected chi connectivity index (χ4v) is 4.14. The molecule has 1 heterocycles. The minimum absolute atomic E-state index is 0.226. The highest BCUT2D eigenvalue weighted by molar-refractivity contribution is 7.09. The van der Waals surface area contributed by atoms with Gasteiger partial charge in [0.25, 0.3) is 5.91 Å². The maximum absolute atomic E-state index is 13.2. The Kier molecular flexibility index (Phi) is 8.68. The number of carbonyl (C=O) groups excluding carboxylic acids is 1. The lowest BCUT2D eigenvalue weighted by Crippen LogP contribution is -2.27. The minimum Gasteiger partial charge on any atom is -0.497 e. The van der Waals surface area contributed by atoms with Gasteiger partial charge in [0.1, 0.15) is 16.5 Å². The number of hydrogen-bond donors (Lipinski definition) is 1. The molecule has 0 aliphatic carbocycles. The van der Waals surface area contributed by atoms with Crippen LogP contribution >= 0.6 is 11.3 Å². The van der Waals surface area contributed by atoms with Gasteiger partial charge in [-0.3, -0.25) is 9.69 Å². The minimum atomic E-state index is -4.40. The van der Waals surface area contributed by atoms with Gasteiger partial charge in [0.15, 0.2) is 0 Å². The molecular weight excluding hydrogens is 463 g/mol. The number of thiazole rings is 1. The van der Waals surface area contributed by atoms with Crippen molar-refractivity contribution in [1.29, 1.82) is 0 Å². The molecule has 182 valence electrons. The van der Waals surface area contributed by atoms with Gasteiger partial charge in [-0.15, -0.1) is 11.3 Å². The third-order valence-corrected chi connectivity index (χ3v) is 5.87. The highest BCUT2D eigenvalue weighted by Crippen LogP contribution is 2.30. The molecule has 3 aromatic rings. The molecule has 1 N–H and O–H groups in total. The number of nitrogens with zero attached hydrogens (tertiary/aromatic N) is 2. The number of rotatable bonds is 10. The van der Waals surface area contributed by atoms with Crippen molar-refractivity contribution in [3.63, 3.8) is 0 Å². The molecule has 3 rings (SSSR count). The summed E-state index contributed by atoms with van der Waals surface area (Å²) < 4.78 is 44.8. The lowest BCUT2D eigenvalue weighted by Gasteiger charge is -2.22. The van der Waals surface area contributed by atoms with Crippen LogP contribution in [0.4, 0.5) is 13.2 Å². The van der Waals surface area contributed by atoms with E-state index in [2.05, 4.69) is 10.3 Å². The van der Waals surface area contributed by atoms with Crippen LogP contribution in [0, 0.1) is 5.92 Å². The normalized spacial score (nSPS) is 11.8. The van der Waals surface area contributed by atoms with Crippen LogP contribution in [0.1, 0.15) is 46.0 Å². The standard InChI is InChI=1S/C25H28F3N3O2S/c1-17(2)12-29-24(32)22-16-34-23(30-22)15-31(13-18-7-9-21(33-3)10-8-18)14-19-5-4-6-20(11-19)25(26,27)28/h4-11,16-17H,12-15H2,1-3H3,(H,29,32). The molecule has 0 spiro atoms. The van der Waals surface area contributed by atoms with Gasteiger partial charge >= 0.3 is 6.18 Å². The first-order chi connectivity index (χ1) is 16.1. The van der Waals surface area contributed by atoms with Gasteiger partial charge < -0.3 is 10.1 Å². The number of nitrogens with one attached hydrogen (secondary N) is 1. The number of amides is 1. The summed E-state index contributed by atoms with van der Waals surface area (Å²) in [6.07, 6.45) is -4.40. The van der Waals surface area contributed by atoms with E-state index in [4.69, 9.17) is 4.74 Å². The van der Waals surface area contributed by atoms with Gasteiger partial charge in [0.05, 0.1) is 19.2 Å². The fraction of sp³-hybridized carbons (Fsp3) is 0.360. The van der Waals surface area contributed by atoms with Gasteiger partial charge in [-0.05, 0) is 35.2 Å². The average Bonchev–Trinajstić information content (AvgIpc) is 3.26. The third kappa shape index (κ3) is 7.56. The van der Waals surface area contributed by atoms with Gasteiger partial charge in [-0.25, -0.2) is 4.98 Å². The van der Waals surface area contributed by atoms with Crippen molar-refractivity contribution in [1.82, 2.24) is 15.2 Å². The van der Waals surface area contributed by atoms with Crippen LogP contribution in [0.3, 0.4) is 0 Å². The zero-order valence-electron chi connectivity index (χ0n) is 19.4. The quantitative estimate of drug-likeness (QED) is 0.392. The summed E-state index contributed by atoms with van der Waals surface area (Å²) in [5, 5.41) is 5.28. The summed E-state index contributed by atoms with van der Waals surface area (Å²) in [6.45, 7) is 5.77. The molecule has 9 heteroatoms. The maximum Gasteiger partial charge on any atom is 0.416 e. The monoisotopic (exact) mass is 491 g/mol. The first-order valence-corrected chi connectivity index (χ1v) is 11.8. The average molecular weight is 492 g/mol. The summed E-state index contributed by atoms with van der Waals surface area (Å²) in [4.78, 5) is 18.8. The first kappa shape index (κ1) is 25.7. The third-order valence-electron chi connectivity index (χ3n) is 5.04. The summed E-state index contributed by atoms with van der Waals surface area (Å²) >= 11 is 1.36. The Bertz CT molecular complexity index is 1080. The lowest BCUT2D eigenvalue weighted by molar-refractivity contribution is -0.137. The molecule has 1 aromatic heterocycles. The molecule has 5 nitrogen and oxygen atoms in total. The fourth-order valence-electron chi connectivity index (χ4n) is 3.33. The van der Waals surface area contributed by atoms with Crippen molar-refractivity contribution in [2.75, 3.05) is 13.7 Å². The highest BCUT2D eigenvalue weighted by atomic mass is 32.1. The van der Waals surface area contributed by atoms with Crippen LogP contribution in [0.2, 0.25) is 0 Å². The molecule has 0 aliphatic rings. The Morgan fingerprint density at radius 3 is 2.44 bits per heavy atom. The smallest absolute Gasteiger partial charge is 0.416 e. The molecule has 0 radical (unpaired) electrons. The zero-order valence-corrected chi connectivity index (χ0v) is 20.2. The van der Waals surface area contributed by atoms with E-state index in [0.29, 0.717) is 43.4 Å². The summed E-state index contributed by atoms with van der Waals surface area (Å²) in [5.41, 5.74) is 1.21. The van der Waals surface area contributed by atoms with Crippen molar-refractivity contribution in [3.8, 4) is 5.75 Å². The first-order valence-electron chi connectivity index (χ1n) is 10.9. The number of hydrogen-bond acceptors (Lipinski definition) is 5. The highest BCUT2D eigenvalue weighted by Gasteiger charge is 2.30. The van der Waals surface area contributed by atoms with E-state index >= 15 is 0 Å². The lowest BCUT2D eigenvalue weighted by atomic mass is 10.1. The second kappa shape index (κ2) is 11.5. The molecule has 0 unspecified atom stereocenters. The SMILES string of the molecule is COc1ccc(CN(Cc2cccc(C(F)(F)F)c2)Cc2nc(C(=O)NCC(C)C)cs2)cc1. The van der Waals surface area contributed by atoms with Crippen molar-refractivity contribution < 1.29 is 22.7 Å². The zero-order chi connectivity index (χ0) is 24.7. The molecule has 0 atom stereocenters. The van der Waals surface area contributed by atoms with E-state index in [-0.39, 0.29) is 5.91 Å². The maximum atomic E-state index is 13.2. The van der Waals surface area contributed by atoms with Crippen molar-refractivity contribution in [3.05, 3.63) is 81.3 Å². The molecule has 2 aromatic carbocycles. The van der Waals surface area contributed by atoms with Crippen LogP contribution in [0.5, 0.6) is 5.75 Å². The molecule has 1 amide bonds. The number of methoxy groups -OCH3 is 1. The molecule has 0 bridgehead atoms. The largest absolute Gasteiger partial charge is 0.497 e. The second-order valence-corrected chi connectivity index (χ2v) is 9.36. The van der Waals surface area contributed by atoms with Gasteiger partial charge in [-0.1, -0.05) is 44.2 Å². The van der Waals surface area contributed by atoms with E-state index in [1.54, 1.807) is 18.6 Å². The van der Waals surface area contributed by atoms with Crippen LogP contribution in [0.15, 0.2) is 53.9 Å². The Morgan fingerprint density at radius 2 is 1.79 bits per heavy atom. The number of aromatic nitrogens is 1. The van der Waals surface area contributed by atoms with Crippen molar-refractivity contribution in [2.45, 2.75) is 39.7 Å². The summed E-state index contributed by atoms with van der Waals surface area (Å²) in [7, 11) is 1.59. The van der Waals surface area contributed by atoms with Crippen molar-refractivity contribution >= 4 is 17.2 Å². The summed E-state index contributed by atoms with van der Waals surface area (Å²) in [5.74, 6) is 0.829. The number of ether oxygens (including phenoxy) is 1. The molecule has 0 aliphatic heterocycles. The Labute approximate surface area is 201 Å². The van der Waals surface area contributed by atoms with Gasteiger partial charge in [0.2, 0.25) is 0 Å². The Hall–Kier alpha value is -2.91. The molecular formula is C25H28F3N3O2S. The van der Waals surface area contributed by atoms with Crippen LogP contribution in [0.25, 0.3) is 0 Å². The molecule has 34 heavy (non-hydrogen) atoms. The number of alkyl halides is 3. The van der Waals surface area contributed by atoms with Crippen molar-refractivity contribution in [2.24, 2.45) is 5.92 Å². The topological polar surface area (TPSA) is 54.5 Å². The van der Waals surface area contributed by atoms with Gasteiger partial charge in [0, 0.05) is 25.0 Å². The number of halogens is 3. The van der Waals surface area contributed by atoms with Crippen LogP contribution in [-0.2, 0) is 25.8 Å². The van der Waals surface area contributed by atoms with E-state index in [0.717, 1.165) is 22.4 Å². The molecule has 0 saturated heterocycles. The molecule has 0 fully saturated rings. The molecule has 0 saturated carbocycles. The van der Waals surface area contributed by atoms with Crippen LogP contribution < -0.4 is 10.1 Å². The van der Waals surface area contributed by atoms with Crippen LogP contribution in [-0.4, -0.2) is 29.4 Å². The van der Waals surface area contributed by atoms with Gasteiger partial charge in [-0.2, -0.15) is 13.2 Å². The second-order valence-electron chi connectivity index (χ2n) is 8.42. The van der Waals surface area contributed by atoms with E-state index in [9.17, 15) is 18.0 Å². The predicted molar refractivity (Wildman–Crippen MR) is 127 cm³/mol. The Balaban J connectivity index is 1.78. The Morgan fingerprint density at radius 1 is 1.09 bits per heavy atom. The number of carbonyl (C=O) groups is 1. The number of benzene rings is 2. The van der Waals surface area contributed by atoms with E-state index in [1.165, 1.54) is 23.5 Å². The van der Waals surface area contributed by atoms with E-state index in [1.807, 2.05) is 43.0 Å². The predicted octanol–water partition coefficient (Wildman–Crippen LogP) is 5.76. The van der Waals surface area contributed by atoms with E-state index < -0.39 is 11.7 Å².